The summed E-state index contributed by atoms with van der Waals surface area (Å²) in [4.78, 5) is 24.0. The van der Waals surface area contributed by atoms with E-state index in [1.807, 2.05) is 30.3 Å². The van der Waals surface area contributed by atoms with E-state index in [4.69, 9.17) is 0 Å². The molecule has 0 amide bonds. The molecule has 0 bridgehead atoms. The molecular weight excluding hydrogens is 356 g/mol. The van der Waals surface area contributed by atoms with E-state index in [9.17, 15) is 15.2 Å². The van der Waals surface area contributed by atoms with Gasteiger partial charge >= 0.3 is 0 Å². The summed E-state index contributed by atoms with van der Waals surface area (Å²) < 4.78 is 0. The van der Waals surface area contributed by atoms with Gasteiger partial charge in [-0.2, -0.15) is 0 Å². The number of benzene rings is 3. The SMILES string of the molecule is O=[N+]([O-])c1ccc(-c2nc(-c3ccccc3)nc(-c3ccccc3O)n2)cc1. The number of nitro groups is 1. The Bertz CT molecular complexity index is 1150. The van der Waals surface area contributed by atoms with Crippen molar-refractivity contribution in [3.05, 3.63) is 89.0 Å². The lowest BCUT2D eigenvalue weighted by molar-refractivity contribution is -0.384. The van der Waals surface area contributed by atoms with Gasteiger partial charge in [-0.15, -0.1) is 0 Å². The molecule has 0 saturated carbocycles. The van der Waals surface area contributed by atoms with E-state index in [-0.39, 0.29) is 11.4 Å². The first-order valence-electron chi connectivity index (χ1n) is 8.46. The highest BCUT2D eigenvalue weighted by Gasteiger charge is 2.15. The molecule has 3 aromatic carbocycles. The number of para-hydroxylation sites is 1. The maximum atomic E-state index is 10.9. The number of phenols is 1. The molecule has 4 aromatic rings. The highest BCUT2D eigenvalue weighted by molar-refractivity contribution is 5.69. The van der Waals surface area contributed by atoms with Gasteiger partial charge in [-0.1, -0.05) is 42.5 Å². The van der Waals surface area contributed by atoms with E-state index < -0.39 is 4.92 Å². The first kappa shape index (κ1) is 17.3. The van der Waals surface area contributed by atoms with E-state index >= 15 is 0 Å². The summed E-state index contributed by atoms with van der Waals surface area (Å²) in [5, 5.41) is 21.1. The minimum atomic E-state index is -0.458. The molecule has 0 aliphatic heterocycles. The number of aromatic nitrogens is 3. The van der Waals surface area contributed by atoms with Crippen LogP contribution in [-0.2, 0) is 0 Å². The number of aromatic hydroxyl groups is 1. The molecular formula is C21H14N4O3. The van der Waals surface area contributed by atoms with Gasteiger partial charge in [-0.05, 0) is 24.3 Å². The molecule has 28 heavy (non-hydrogen) atoms. The van der Waals surface area contributed by atoms with Crippen LogP contribution in [0.2, 0.25) is 0 Å². The Morgan fingerprint density at radius 2 is 1.21 bits per heavy atom. The van der Waals surface area contributed by atoms with Crippen molar-refractivity contribution in [2.75, 3.05) is 0 Å². The highest BCUT2D eigenvalue weighted by atomic mass is 16.6. The Labute approximate surface area is 160 Å². The van der Waals surface area contributed by atoms with Crippen LogP contribution >= 0.6 is 0 Å². The molecule has 1 heterocycles. The fourth-order valence-electron chi connectivity index (χ4n) is 2.74. The van der Waals surface area contributed by atoms with Crippen molar-refractivity contribution < 1.29 is 10.0 Å². The minimum Gasteiger partial charge on any atom is -0.507 e. The van der Waals surface area contributed by atoms with E-state index in [0.717, 1.165) is 5.56 Å². The van der Waals surface area contributed by atoms with Crippen molar-refractivity contribution in [2.45, 2.75) is 0 Å². The summed E-state index contributed by atoms with van der Waals surface area (Å²) >= 11 is 0. The van der Waals surface area contributed by atoms with Gasteiger partial charge in [0.05, 0.1) is 10.5 Å². The fourth-order valence-corrected chi connectivity index (χ4v) is 2.74. The van der Waals surface area contributed by atoms with E-state index in [1.165, 1.54) is 12.1 Å². The number of hydrogen-bond acceptors (Lipinski definition) is 6. The largest absolute Gasteiger partial charge is 0.507 e. The Morgan fingerprint density at radius 1 is 0.679 bits per heavy atom. The summed E-state index contributed by atoms with van der Waals surface area (Å²) in [5.74, 6) is 1.19. The number of nitrogens with zero attached hydrogens (tertiary/aromatic N) is 4. The van der Waals surface area contributed by atoms with Crippen LogP contribution in [0, 0.1) is 10.1 Å². The van der Waals surface area contributed by atoms with Crippen LogP contribution in [0.25, 0.3) is 34.2 Å². The molecule has 1 N–H and O–H groups in total. The summed E-state index contributed by atoms with van der Waals surface area (Å²) in [5.41, 5.74) is 1.87. The highest BCUT2D eigenvalue weighted by Crippen LogP contribution is 2.29. The number of nitro benzene ring substituents is 1. The van der Waals surface area contributed by atoms with Crippen molar-refractivity contribution in [1.82, 2.24) is 15.0 Å². The molecule has 1 aromatic heterocycles. The predicted octanol–water partition coefficient (Wildman–Crippen LogP) is 4.49. The number of rotatable bonds is 4. The van der Waals surface area contributed by atoms with Crippen LogP contribution in [0.1, 0.15) is 0 Å². The third kappa shape index (κ3) is 3.41. The summed E-state index contributed by atoms with van der Waals surface area (Å²) in [6.45, 7) is 0. The zero-order chi connectivity index (χ0) is 19.5. The van der Waals surface area contributed by atoms with Crippen LogP contribution < -0.4 is 0 Å². The van der Waals surface area contributed by atoms with Crippen LogP contribution in [0.4, 0.5) is 5.69 Å². The van der Waals surface area contributed by atoms with Crippen LogP contribution in [-0.4, -0.2) is 25.0 Å². The molecule has 0 saturated heterocycles. The van der Waals surface area contributed by atoms with Crippen LogP contribution in [0.15, 0.2) is 78.9 Å². The molecule has 0 aliphatic carbocycles. The monoisotopic (exact) mass is 370 g/mol. The molecule has 7 heteroatoms. The average molecular weight is 370 g/mol. The van der Waals surface area contributed by atoms with Crippen LogP contribution in [0.3, 0.4) is 0 Å². The summed E-state index contributed by atoms with van der Waals surface area (Å²) in [7, 11) is 0. The molecule has 0 radical (unpaired) electrons. The zero-order valence-electron chi connectivity index (χ0n) is 14.6. The quantitative estimate of drug-likeness (QED) is 0.419. The smallest absolute Gasteiger partial charge is 0.269 e. The Morgan fingerprint density at radius 3 is 1.82 bits per heavy atom. The second kappa shape index (κ2) is 7.24. The van der Waals surface area contributed by atoms with Gasteiger partial charge in [-0.25, -0.2) is 15.0 Å². The molecule has 0 spiro atoms. The fraction of sp³-hybridized carbons (Fsp3) is 0. The van der Waals surface area contributed by atoms with Gasteiger partial charge in [0, 0.05) is 23.3 Å². The number of hydrogen-bond donors (Lipinski definition) is 1. The normalized spacial score (nSPS) is 10.6. The molecule has 0 fully saturated rings. The van der Waals surface area contributed by atoms with Crippen LogP contribution in [0.5, 0.6) is 5.75 Å². The molecule has 0 aliphatic rings. The lowest BCUT2D eigenvalue weighted by atomic mass is 10.1. The van der Waals surface area contributed by atoms with Crippen molar-refractivity contribution in [2.24, 2.45) is 0 Å². The maximum absolute atomic E-state index is 10.9. The molecule has 0 unspecified atom stereocenters. The maximum Gasteiger partial charge on any atom is 0.269 e. The third-order valence-corrected chi connectivity index (χ3v) is 4.15. The predicted molar refractivity (Wildman–Crippen MR) is 104 cm³/mol. The van der Waals surface area contributed by atoms with Gasteiger partial charge in [0.1, 0.15) is 5.75 Å². The van der Waals surface area contributed by atoms with E-state index in [2.05, 4.69) is 15.0 Å². The van der Waals surface area contributed by atoms with Crippen molar-refractivity contribution in [1.29, 1.82) is 0 Å². The summed E-state index contributed by atoms with van der Waals surface area (Å²) in [6.07, 6.45) is 0. The van der Waals surface area contributed by atoms with E-state index in [1.54, 1.807) is 36.4 Å². The van der Waals surface area contributed by atoms with Gasteiger partial charge in [0.15, 0.2) is 17.5 Å². The van der Waals surface area contributed by atoms with Gasteiger partial charge in [0.25, 0.3) is 5.69 Å². The number of phenolic OH excluding ortho intramolecular Hbond substituents is 1. The zero-order valence-corrected chi connectivity index (χ0v) is 14.6. The van der Waals surface area contributed by atoms with Gasteiger partial charge in [-0.3, -0.25) is 10.1 Å². The second-order valence-electron chi connectivity index (χ2n) is 5.99. The second-order valence-corrected chi connectivity index (χ2v) is 5.99. The van der Waals surface area contributed by atoms with Gasteiger partial charge in [0.2, 0.25) is 0 Å². The average Bonchev–Trinajstić information content (AvgIpc) is 2.74. The van der Waals surface area contributed by atoms with Crippen molar-refractivity contribution >= 4 is 5.69 Å². The van der Waals surface area contributed by atoms with Gasteiger partial charge < -0.3 is 5.11 Å². The Hall–Kier alpha value is -4.13. The molecule has 136 valence electrons. The lowest BCUT2D eigenvalue weighted by Gasteiger charge is -2.09. The number of non-ortho nitro benzene ring substituents is 1. The van der Waals surface area contributed by atoms with Crippen molar-refractivity contribution in [3.8, 4) is 39.9 Å². The lowest BCUT2D eigenvalue weighted by Crippen LogP contribution is -2.00. The van der Waals surface area contributed by atoms with E-state index in [0.29, 0.717) is 28.6 Å². The molecule has 7 nitrogen and oxygen atoms in total. The third-order valence-electron chi connectivity index (χ3n) is 4.15. The minimum absolute atomic E-state index is 0.0120. The molecule has 4 rings (SSSR count). The standard InChI is InChI=1S/C21H14N4O3/c26-18-9-5-4-8-17(18)21-23-19(14-6-2-1-3-7-14)22-20(24-21)15-10-12-16(13-11-15)25(27)28/h1-13,26H. The summed E-state index contributed by atoms with van der Waals surface area (Å²) in [6, 6.07) is 22.2. The first-order chi connectivity index (χ1) is 13.6. The van der Waals surface area contributed by atoms with Crippen molar-refractivity contribution in [3.63, 3.8) is 0 Å². The first-order valence-corrected chi connectivity index (χ1v) is 8.46. The molecule has 0 atom stereocenters. The Balaban J connectivity index is 1.89. The topological polar surface area (TPSA) is 102 Å². The Kier molecular flexibility index (Phi) is 4.47.